The van der Waals surface area contributed by atoms with Gasteiger partial charge in [0.15, 0.2) is 0 Å². The minimum atomic E-state index is -0.799. The lowest BCUT2D eigenvalue weighted by Gasteiger charge is -2.71. The zero-order chi connectivity index (χ0) is 24.9. The van der Waals surface area contributed by atoms with Crippen LogP contribution in [-0.4, -0.2) is 24.3 Å². The molecule has 5 rings (SSSR count). The van der Waals surface area contributed by atoms with E-state index in [1.165, 1.54) is 32.8 Å². The second kappa shape index (κ2) is 7.59. The summed E-state index contributed by atoms with van der Waals surface area (Å²) < 4.78 is 5.31. The van der Waals surface area contributed by atoms with E-state index in [0.717, 1.165) is 37.5 Å². The maximum Gasteiger partial charge on any atom is 0.314 e. The molecule has 11 atom stereocenters. The fourth-order valence-corrected chi connectivity index (χ4v) is 11.0. The molecule has 0 saturated heterocycles. The number of carbonyl (C=O) groups excluding carboxylic acids is 1. The normalized spacial score (nSPS) is 56.8. The lowest BCUT2D eigenvalue weighted by Crippen LogP contribution is -2.66. The summed E-state index contributed by atoms with van der Waals surface area (Å²) in [6.45, 7) is 17.3. The molecule has 192 valence electrons. The number of allylic oxidation sites excluding steroid dienone is 2. The summed E-state index contributed by atoms with van der Waals surface area (Å²) in [5, 5.41) is 11.1. The van der Waals surface area contributed by atoms with Crippen LogP contribution in [0.3, 0.4) is 0 Å². The number of esters is 1. The molecule has 4 saturated carbocycles. The molecule has 0 spiro atoms. The summed E-state index contributed by atoms with van der Waals surface area (Å²) in [7, 11) is 1.49. The van der Waals surface area contributed by atoms with Crippen molar-refractivity contribution in [3.63, 3.8) is 0 Å². The van der Waals surface area contributed by atoms with Gasteiger partial charge in [0, 0.05) is 0 Å². The summed E-state index contributed by atoms with van der Waals surface area (Å²) in [6.07, 6.45) is 12.5. The van der Waals surface area contributed by atoms with Crippen LogP contribution in [0.15, 0.2) is 11.6 Å². The van der Waals surface area contributed by atoms with Crippen LogP contribution in [0.1, 0.15) is 106 Å². The lowest BCUT2D eigenvalue weighted by atomic mass is 9.33. The highest BCUT2D eigenvalue weighted by atomic mass is 16.5. The molecule has 3 heteroatoms. The van der Waals surface area contributed by atoms with Gasteiger partial charge in [-0.15, -0.1) is 0 Å². The summed E-state index contributed by atoms with van der Waals surface area (Å²) in [5.74, 6) is 2.79. The van der Waals surface area contributed by atoms with Gasteiger partial charge in [0.25, 0.3) is 0 Å². The third-order valence-electron chi connectivity index (χ3n) is 13.7. The van der Waals surface area contributed by atoms with Gasteiger partial charge in [-0.1, -0.05) is 53.2 Å². The van der Waals surface area contributed by atoms with E-state index < -0.39 is 11.5 Å². The third kappa shape index (κ3) is 2.83. The van der Waals surface area contributed by atoms with Crippen molar-refractivity contribution in [3.05, 3.63) is 11.6 Å². The number of hydrogen-bond acceptors (Lipinski definition) is 3. The zero-order valence-corrected chi connectivity index (χ0v) is 23.2. The number of ether oxygens (including phenoxy) is 1. The molecule has 11 unspecified atom stereocenters. The Morgan fingerprint density at radius 1 is 0.941 bits per heavy atom. The molecule has 0 amide bonds. The number of aliphatic hydroxyl groups is 1. The van der Waals surface area contributed by atoms with Crippen LogP contribution in [0.4, 0.5) is 0 Å². The molecule has 34 heavy (non-hydrogen) atoms. The minimum Gasteiger partial charge on any atom is -0.469 e. The van der Waals surface area contributed by atoms with Crippen molar-refractivity contribution in [1.29, 1.82) is 0 Å². The molecule has 5 aliphatic rings. The monoisotopic (exact) mass is 470 g/mol. The van der Waals surface area contributed by atoms with Crippen LogP contribution in [0, 0.1) is 56.7 Å². The third-order valence-corrected chi connectivity index (χ3v) is 13.7. The summed E-state index contributed by atoms with van der Waals surface area (Å²) in [6, 6.07) is 0. The van der Waals surface area contributed by atoms with E-state index in [9.17, 15) is 9.90 Å². The van der Waals surface area contributed by atoms with E-state index >= 15 is 0 Å². The molecule has 5 aliphatic carbocycles. The standard InChI is InChI=1S/C31H50O3/c1-19-11-14-27(3)17-18-29(5)21(25(27)20(19)2)9-10-22-28(4)15-13-24(32)31(7,26(33)34-8)23(28)12-16-30(22,29)6/h9,19-20,22-25,32H,10-18H2,1-8H3. The van der Waals surface area contributed by atoms with Gasteiger partial charge in [0.1, 0.15) is 0 Å². The Labute approximate surface area is 208 Å². The number of fused-ring (bicyclic) bond motifs is 7. The van der Waals surface area contributed by atoms with Crippen molar-refractivity contribution in [1.82, 2.24) is 0 Å². The maximum atomic E-state index is 13.1. The number of rotatable bonds is 1. The highest BCUT2D eigenvalue weighted by Crippen LogP contribution is 2.75. The smallest absolute Gasteiger partial charge is 0.314 e. The molecule has 0 bridgehead atoms. The summed E-state index contributed by atoms with van der Waals surface area (Å²) in [4.78, 5) is 13.1. The Morgan fingerprint density at radius 3 is 2.32 bits per heavy atom. The maximum absolute atomic E-state index is 13.1. The molecular formula is C31H50O3. The molecule has 0 aliphatic heterocycles. The summed E-state index contributed by atoms with van der Waals surface area (Å²) >= 11 is 0. The quantitative estimate of drug-likeness (QED) is 0.326. The largest absolute Gasteiger partial charge is 0.469 e. The molecule has 0 aromatic rings. The highest BCUT2D eigenvalue weighted by molar-refractivity contribution is 5.78. The van der Waals surface area contributed by atoms with Crippen LogP contribution in [0.25, 0.3) is 0 Å². The first kappa shape index (κ1) is 24.8. The van der Waals surface area contributed by atoms with Gasteiger partial charge >= 0.3 is 5.97 Å². The van der Waals surface area contributed by atoms with Crippen molar-refractivity contribution < 1.29 is 14.6 Å². The molecular weight excluding hydrogens is 420 g/mol. The Hall–Kier alpha value is -0.830. The average molecular weight is 471 g/mol. The van der Waals surface area contributed by atoms with Crippen molar-refractivity contribution in [2.24, 2.45) is 56.7 Å². The van der Waals surface area contributed by atoms with Crippen LogP contribution in [0.2, 0.25) is 0 Å². The number of hydrogen-bond donors (Lipinski definition) is 1. The molecule has 4 fully saturated rings. The Morgan fingerprint density at radius 2 is 1.65 bits per heavy atom. The van der Waals surface area contributed by atoms with E-state index in [4.69, 9.17) is 4.74 Å². The van der Waals surface area contributed by atoms with Crippen molar-refractivity contribution in [3.8, 4) is 0 Å². The Bertz CT molecular complexity index is 893. The van der Waals surface area contributed by atoms with Crippen molar-refractivity contribution in [2.45, 2.75) is 112 Å². The van der Waals surface area contributed by atoms with E-state index in [-0.39, 0.29) is 28.1 Å². The Balaban J connectivity index is 1.59. The lowest BCUT2D eigenvalue weighted by molar-refractivity contribution is -0.218. The predicted octanol–water partition coefficient (Wildman–Crippen LogP) is 7.18. The first-order valence-electron chi connectivity index (χ1n) is 14.3. The van der Waals surface area contributed by atoms with E-state index in [2.05, 4.69) is 47.6 Å². The van der Waals surface area contributed by atoms with Crippen LogP contribution in [0.5, 0.6) is 0 Å². The zero-order valence-electron chi connectivity index (χ0n) is 23.2. The van der Waals surface area contributed by atoms with E-state index in [1.807, 2.05) is 6.92 Å². The molecule has 0 heterocycles. The minimum absolute atomic E-state index is 0.0480. The second-order valence-corrected chi connectivity index (χ2v) is 14.6. The predicted molar refractivity (Wildman–Crippen MR) is 137 cm³/mol. The van der Waals surface area contributed by atoms with E-state index in [1.54, 1.807) is 5.57 Å². The van der Waals surface area contributed by atoms with Crippen molar-refractivity contribution in [2.75, 3.05) is 7.11 Å². The SMILES string of the molecule is COC(=O)C1(C)C(O)CCC2(C)C1CCC1(C)C2CC=C2C3C(C)C(C)CCC3(C)CCC21C. The van der Waals surface area contributed by atoms with Crippen LogP contribution in [-0.2, 0) is 9.53 Å². The number of carbonyl (C=O) groups is 1. The van der Waals surface area contributed by atoms with Gasteiger partial charge in [0.2, 0.25) is 0 Å². The highest BCUT2D eigenvalue weighted by Gasteiger charge is 2.69. The number of aliphatic hydroxyl groups excluding tert-OH is 1. The molecule has 0 aromatic carbocycles. The molecule has 3 nitrogen and oxygen atoms in total. The average Bonchev–Trinajstić information content (AvgIpc) is 2.79. The van der Waals surface area contributed by atoms with Gasteiger partial charge in [-0.2, -0.15) is 0 Å². The first-order valence-corrected chi connectivity index (χ1v) is 14.3. The van der Waals surface area contributed by atoms with Gasteiger partial charge in [0.05, 0.1) is 18.6 Å². The second-order valence-electron chi connectivity index (χ2n) is 14.6. The topological polar surface area (TPSA) is 46.5 Å². The number of methoxy groups -OCH3 is 1. The van der Waals surface area contributed by atoms with E-state index in [0.29, 0.717) is 23.7 Å². The van der Waals surface area contributed by atoms with Gasteiger partial charge in [-0.3, -0.25) is 4.79 Å². The fourth-order valence-electron chi connectivity index (χ4n) is 11.0. The van der Waals surface area contributed by atoms with Crippen LogP contribution < -0.4 is 0 Å². The van der Waals surface area contributed by atoms with Crippen LogP contribution >= 0.6 is 0 Å². The van der Waals surface area contributed by atoms with Gasteiger partial charge in [-0.05, 0) is 116 Å². The molecule has 0 aromatic heterocycles. The Kier molecular flexibility index (Phi) is 5.55. The first-order chi connectivity index (χ1) is 15.8. The summed E-state index contributed by atoms with van der Waals surface area (Å²) in [5.41, 5.74) is 1.98. The molecule has 1 N–H and O–H groups in total. The van der Waals surface area contributed by atoms with Gasteiger partial charge < -0.3 is 9.84 Å². The fraction of sp³-hybridized carbons (Fsp3) is 0.903. The van der Waals surface area contributed by atoms with Crippen molar-refractivity contribution >= 4 is 5.97 Å². The molecule has 0 radical (unpaired) electrons. The van der Waals surface area contributed by atoms with Gasteiger partial charge in [-0.25, -0.2) is 0 Å².